The number of hydrogen-bond acceptors (Lipinski definition) is 7. The Morgan fingerprint density at radius 2 is 1.57 bits per heavy atom. The minimum Gasteiger partial charge on any atom is -0.465 e. The van der Waals surface area contributed by atoms with Crippen LogP contribution in [0.5, 0.6) is 0 Å². The van der Waals surface area contributed by atoms with E-state index in [0.29, 0.717) is 20.2 Å². The number of anilines is 1. The van der Waals surface area contributed by atoms with Gasteiger partial charge in [-0.25, -0.2) is 14.4 Å². The second kappa shape index (κ2) is 9.70. The first-order valence-electron chi connectivity index (χ1n) is 8.06. The van der Waals surface area contributed by atoms with Crippen molar-refractivity contribution in [1.29, 1.82) is 0 Å². The van der Waals surface area contributed by atoms with Gasteiger partial charge in [0, 0.05) is 15.1 Å². The lowest BCUT2D eigenvalue weighted by molar-refractivity contribution is -0.139. The van der Waals surface area contributed by atoms with Crippen LogP contribution >= 0.6 is 31.9 Å². The van der Waals surface area contributed by atoms with Gasteiger partial charge in [0.05, 0.1) is 37.7 Å². The molecule has 28 heavy (non-hydrogen) atoms. The zero-order valence-corrected chi connectivity index (χ0v) is 18.5. The van der Waals surface area contributed by atoms with Crippen LogP contribution in [0.2, 0.25) is 0 Å². The number of rotatable bonds is 5. The van der Waals surface area contributed by atoms with E-state index in [1.165, 1.54) is 25.2 Å². The van der Waals surface area contributed by atoms with Gasteiger partial charge in [-0.15, -0.1) is 0 Å². The smallest absolute Gasteiger partial charge is 0.355 e. The SMILES string of the molecule is CCOC(=O)c1cc(Br)c(N2C=CC=CC(C(=O)OC)=C2C(=O)OC)c(Br)c1. The maximum absolute atomic E-state index is 12.5. The summed E-state index contributed by atoms with van der Waals surface area (Å²) in [5.74, 6) is -1.91. The predicted octanol–water partition coefficient (Wildman–Crippen LogP) is 3.88. The highest BCUT2D eigenvalue weighted by atomic mass is 79.9. The van der Waals surface area contributed by atoms with E-state index in [-0.39, 0.29) is 17.9 Å². The Balaban J connectivity index is 2.68. The van der Waals surface area contributed by atoms with E-state index in [0.717, 1.165) is 0 Å². The molecule has 0 spiro atoms. The molecular formula is C19H17Br2NO6. The van der Waals surface area contributed by atoms with Crippen molar-refractivity contribution < 1.29 is 28.6 Å². The third kappa shape index (κ3) is 4.53. The lowest BCUT2D eigenvalue weighted by Gasteiger charge is -2.25. The summed E-state index contributed by atoms with van der Waals surface area (Å²) in [4.78, 5) is 38.3. The van der Waals surface area contributed by atoms with Gasteiger partial charge in [0.2, 0.25) is 0 Å². The molecule has 1 aromatic carbocycles. The third-order valence-electron chi connectivity index (χ3n) is 3.66. The van der Waals surface area contributed by atoms with Gasteiger partial charge in [0.15, 0.2) is 0 Å². The first-order chi connectivity index (χ1) is 13.3. The molecule has 0 unspecified atom stereocenters. The molecule has 9 heteroatoms. The van der Waals surface area contributed by atoms with E-state index in [2.05, 4.69) is 31.9 Å². The highest BCUT2D eigenvalue weighted by Crippen LogP contribution is 2.39. The molecule has 0 N–H and O–H groups in total. The number of methoxy groups -OCH3 is 2. The fourth-order valence-electron chi connectivity index (χ4n) is 2.46. The number of hydrogen-bond donors (Lipinski definition) is 0. The Morgan fingerprint density at radius 3 is 2.11 bits per heavy atom. The number of benzene rings is 1. The highest BCUT2D eigenvalue weighted by Gasteiger charge is 2.30. The van der Waals surface area contributed by atoms with Crippen LogP contribution in [0, 0.1) is 0 Å². The fraction of sp³-hybridized carbons (Fsp3) is 0.211. The zero-order chi connectivity index (χ0) is 20.8. The molecule has 0 saturated carbocycles. The summed E-state index contributed by atoms with van der Waals surface area (Å²) in [6, 6.07) is 3.13. The maximum atomic E-state index is 12.5. The molecule has 148 valence electrons. The van der Waals surface area contributed by atoms with Gasteiger partial charge in [-0.05, 0) is 63.1 Å². The van der Waals surface area contributed by atoms with Gasteiger partial charge in [0.1, 0.15) is 5.70 Å². The average molecular weight is 515 g/mol. The highest BCUT2D eigenvalue weighted by molar-refractivity contribution is 9.11. The minimum atomic E-state index is -0.732. The van der Waals surface area contributed by atoms with Crippen molar-refractivity contribution in [1.82, 2.24) is 0 Å². The van der Waals surface area contributed by atoms with Crippen molar-refractivity contribution in [2.24, 2.45) is 0 Å². The van der Waals surface area contributed by atoms with Crippen LogP contribution in [0.1, 0.15) is 17.3 Å². The maximum Gasteiger partial charge on any atom is 0.355 e. The molecule has 0 aromatic heterocycles. The fourth-order valence-corrected chi connectivity index (χ4v) is 4.03. The third-order valence-corrected chi connectivity index (χ3v) is 4.87. The van der Waals surface area contributed by atoms with Gasteiger partial charge in [-0.1, -0.05) is 6.08 Å². The van der Waals surface area contributed by atoms with Crippen molar-refractivity contribution in [2.45, 2.75) is 6.92 Å². The Labute approximate surface area is 178 Å². The molecule has 1 aliphatic rings. The standard InChI is InChI=1S/C19H17Br2NO6/c1-4-28-17(23)11-9-13(20)16(14(21)10-11)22-8-6-5-7-12(18(24)26-2)15(22)19(25)27-3/h5-10H,4H2,1-3H3. The Kier molecular flexibility index (Phi) is 7.59. The molecule has 7 nitrogen and oxygen atoms in total. The largest absolute Gasteiger partial charge is 0.465 e. The number of halogens is 2. The van der Waals surface area contributed by atoms with Crippen LogP contribution in [0.15, 0.2) is 56.8 Å². The summed E-state index contributed by atoms with van der Waals surface area (Å²) >= 11 is 6.85. The Bertz CT molecular complexity index is 881. The summed E-state index contributed by atoms with van der Waals surface area (Å²) in [7, 11) is 2.44. The van der Waals surface area contributed by atoms with Crippen molar-refractivity contribution in [3.8, 4) is 0 Å². The van der Waals surface area contributed by atoms with Crippen LogP contribution in [0.3, 0.4) is 0 Å². The number of allylic oxidation sites excluding steroid dienone is 2. The van der Waals surface area contributed by atoms with E-state index in [9.17, 15) is 14.4 Å². The summed E-state index contributed by atoms with van der Waals surface area (Å²) < 4.78 is 15.7. The number of carbonyl (C=O) groups excluding carboxylic acids is 3. The molecule has 0 atom stereocenters. The molecular weight excluding hydrogens is 498 g/mol. The number of ether oxygens (including phenoxy) is 3. The van der Waals surface area contributed by atoms with Gasteiger partial charge in [-0.2, -0.15) is 0 Å². The first kappa shape index (κ1) is 21.9. The number of esters is 3. The zero-order valence-electron chi connectivity index (χ0n) is 15.3. The summed E-state index contributed by atoms with van der Waals surface area (Å²) in [6.07, 6.45) is 6.30. The van der Waals surface area contributed by atoms with Crippen molar-refractivity contribution >= 4 is 55.5 Å². The number of carbonyl (C=O) groups is 3. The molecule has 0 aliphatic carbocycles. The lowest BCUT2D eigenvalue weighted by Crippen LogP contribution is -2.27. The normalized spacial score (nSPS) is 13.2. The Morgan fingerprint density at radius 1 is 0.964 bits per heavy atom. The van der Waals surface area contributed by atoms with Crippen molar-refractivity contribution in [2.75, 3.05) is 25.7 Å². The minimum absolute atomic E-state index is 0.0209. The van der Waals surface area contributed by atoms with Crippen LogP contribution in [-0.4, -0.2) is 38.7 Å². The lowest BCUT2D eigenvalue weighted by atomic mass is 10.1. The monoisotopic (exact) mass is 513 g/mol. The van der Waals surface area contributed by atoms with E-state index < -0.39 is 17.9 Å². The van der Waals surface area contributed by atoms with Crippen LogP contribution in [-0.2, 0) is 23.8 Å². The summed E-state index contributed by atoms with van der Waals surface area (Å²) in [5, 5.41) is 0. The molecule has 2 rings (SSSR count). The van der Waals surface area contributed by atoms with Gasteiger partial charge < -0.3 is 19.1 Å². The van der Waals surface area contributed by atoms with Gasteiger partial charge >= 0.3 is 17.9 Å². The van der Waals surface area contributed by atoms with E-state index in [4.69, 9.17) is 14.2 Å². The second-order valence-electron chi connectivity index (χ2n) is 5.33. The molecule has 0 bridgehead atoms. The summed E-state index contributed by atoms with van der Waals surface area (Å²) in [5.41, 5.74) is 0.783. The number of nitrogens with zero attached hydrogens (tertiary/aromatic N) is 1. The molecule has 1 aliphatic heterocycles. The predicted molar refractivity (Wildman–Crippen MR) is 110 cm³/mol. The molecule has 0 saturated heterocycles. The van der Waals surface area contributed by atoms with E-state index >= 15 is 0 Å². The average Bonchev–Trinajstić information content (AvgIpc) is 2.89. The van der Waals surface area contributed by atoms with E-state index in [1.807, 2.05) is 0 Å². The second-order valence-corrected chi connectivity index (χ2v) is 7.03. The molecule has 1 aromatic rings. The quantitative estimate of drug-likeness (QED) is 0.435. The van der Waals surface area contributed by atoms with E-state index in [1.54, 1.807) is 37.4 Å². The van der Waals surface area contributed by atoms with Crippen LogP contribution in [0.25, 0.3) is 0 Å². The molecule has 0 radical (unpaired) electrons. The Hall–Kier alpha value is -2.39. The summed E-state index contributed by atoms with van der Waals surface area (Å²) in [6.45, 7) is 1.96. The van der Waals surface area contributed by atoms with Gasteiger partial charge in [0.25, 0.3) is 0 Å². The van der Waals surface area contributed by atoms with Crippen molar-refractivity contribution in [3.05, 3.63) is 62.3 Å². The van der Waals surface area contributed by atoms with Crippen molar-refractivity contribution in [3.63, 3.8) is 0 Å². The van der Waals surface area contributed by atoms with Gasteiger partial charge in [-0.3, -0.25) is 0 Å². The van der Waals surface area contributed by atoms with Crippen LogP contribution in [0.4, 0.5) is 5.69 Å². The molecule has 0 amide bonds. The molecule has 1 heterocycles. The topological polar surface area (TPSA) is 82.1 Å². The molecule has 0 fully saturated rings. The van der Waals surface area contributed by atoms with Crippen LogP contribution < -0.4 is 4.90 Å². The first-order valence-corrected chi connectivity index (χ1v) is 9.65.